The number of nitriles is 1. The Hall–Kier alpha value is -6.26. The van der Waals surface area contributed by atoms with Gasteiger partial charge in [0.1, 0.15) is 40.7 Å². The second-order valence-electron chi connectivity index (χ2n) is 17.6. The summed E-state index contributed by atoms with van der Waals surface area (Å²) in [6, 6.07) is 27.3. The highest BCUT2D eigenvalue weighted by atomic mass is 31.2. The Kier molecular flexibility index (Phi) is 14.3. The third-order valence-corrected chi connectivity index (χ3v) is 14.3. The minimum Gasteiger partial charge on any atom is -0.497 e. The van der Waals surface area contributed by atoms with Crippen LogP contribution in [-0.4, -0.2) is 128 Å². The Morgan fingerprint density at radius 1 is 0.985 bits per heavy atom. The van der Waals surface area contributed by atoms with Crippen molar-refractivity contribution in [3.63, 3.8) is 0 Å². The van der Waals surface area contributed by atoms with Crippen LogP contribution in [0.1, 0.15) is 62.9 Å². The number of methoxy groups -OCH3 is 2. The van der Waals surface area contributed by atoms with Gasteiger partial charge in [0.15, 0.2) is 17.4 Å². The summed E-state index contributed by atoms with van der Waals surface area (Å²) in [7, 11) is 6.92. The van der Waals surface area contributed by atoms with Gasteiger partial charge in [0, 0.05) is 33.2 Å². The second-order valence-corrected chi connectivity index (χ2v) is 19.0. The maximum Gasteiger partial charge on any atom is 0.280 e. The Labute approximate surface area is 397 Å². The van der Waals surface area contributed by atoms with Crippen molar-refractivity contribution < 1.29 is 28.0 Å². The third-order valence-electron chi connectivity index (χ3n) is 12.2. The summed E-state index contributed by atoms with van der Waals surface area (Å²) in [4.78, 5) is 39.0. The molecule has 358 valence electrons. The molecule has 5 atom stereocenters. The van der Waals surface area contributed by atoms with Crippen molar-refractivity contribution in [1.82, 2.24) is 43.9 Å². The summed E-state index contributed by atoms with van der Waals surface area (Å²) >= 11 is 0. The lowest BCUT2D eigenvalue weighted by atomic mass is 9.79. The molecule has 5 heterocycles. The highest BCUT2D eigenvalue weighted by Crippen LogP contribution is 2.57. The van der Waals surface area contributed by atoms with E-state index in [1.807, 2.05) is 107 Å². The maximum absolute atomic E-state index is 13.6. The number of imidazole rings is 1. The minimum atomic E-state index is -1.85. The first-order valence-electron chi connectivity index (χ1n) is 22.5. The number of H-pyrrole nitrogens is 1. The van der Waals surface area contributed by atoms with E-state index in [1.165, 1.54) is 0 Å². The monoisotopic (exact) mass is 946 g/mol. The molecule has 2 aliphatic rings. The van der Waals surface area contributed by atoms with Crippen molar-refractivity contribution in [1.29, 1.82) is 5.26 Å². The lowest BCUT2D eigenvalue weighted by Gasteiger charge is -2.42. The van der Waals surface area contributed by atoms with Crippen molar-refractivity contribution in [2.45, 2.75) is 82.7 Å². The topological polar surface area (TPSA) is 196 Å². The highest BCUT2D eigenvalue weighted by Gasteiger charge is 2.68. The fourth-order valence-electron chi connectivity index (χ4n) is 9.02. The number of fused-ring (bicyclic) bond motifs is 3. The molecule has 19 nitrogen and oxygen atoms in total. The van der Waals surface area contributed by atoms with Crippen LogP contribution in [0.5, 0.6) is 11.5 Å². The molecular weight excluding hydrogens is 888 g/mol. The molecular formula is C48H59N12O7P. The molecule has 1 unspecified atom stereocenters. The number of hydrogen-bond donors (Lipinski definition) is 1. The van der Waals surface area contributed by atoms with Crippen LogP contribution in [0.15, 0.2) is 95.0 Å². The molecule has 8 rings (SSSR count). The lowest BCUT2D eigenvalue weighted by Crippen LogP contribution is -2.51. The number of aryl methyl sites for hydroxylation is 2. The standard InChI is InChI=1S/C48H59N12O7P/c1-31(2)60(32(3)4)68(65-26-14-25-49)67-41-40-44(59-30-50-39-42(59)53-45(54-43(39)61)51-29-56(6)7)66-47(41,27-58(40)46-52-33(5)57(8)55-46)28-64-48(34-15-12-11-13-16-34,35-17-21-37(62-9)22-18-35)36-19-23-38(63-10)24-20-36/h11-13,15-24,29-32,40-41,44H,14,26-28H2,1-10H3,(H,53,54,61)/b51-29-/t40-,41+,44-,47-,68?/m1/s1. The summed E-state index contributed by atoms with van der Waals surface area (Å²) in [5, 5.41) is 14.6. The molecule has 3 aromatic heterocycles. The van der Waals surface area contributed by atoms with Gasteiger partial charge in [-0.25, -0.2) is 14.6 Å². The number of aliphatic imine (C=N–C) groups is 1. The molecule has 2 fully saturated rings. The Morgan fingerprint density at radius 2 is 1.62 bits per heavy atom. The first-order valence-corrected chi connectivity index (χ1v) is 23.6. The maximum atomic E-state index is 13.6. The Morgan fingerprint density at radius 3 is 2.18 bits per heavy atom. The summed E-state index contributed by atoms with van der Waals surface area (Å²) in [5.74, 6) is 2.61. The number of nitrogens with zero attached hydrogens (tertiary/aromatic N) is 11. The van der Waals surface area contributed by atoms with Gasteiger partial charge in [-0.05, 0) is 75.6 Å². The highest BCUT2D eigenvalue weighted by molar-refractivity contribution is 7.44. The van der Waals surface area contributed by atoms with E-state index in [4.69, 9.17) is 43.1 Å². The number of aromatic nitrogens is 7. The fraction of sp³-hybridized carbons (Fsp3) is 0.438. The minimum absolute atomic E-state index is 0.00656. The third kappa shape index (κ3) is 9.19. The number of benzene rings is 3. The molecule has 0 saturated carbocycles. The van der Waals surface area contributed by atoms with E-state index in [9.17, 15) is 10.1 Å². The van der Waals surface area contributed by atoms with Crippen molar-refractivity contribution in [3.8, 4) is 17.6 Å². The number of aromatic amines is 1. The average molecular weight is 947 g/mol. The van der Waals surface area contributed by atoms with Crippen molar-refractivity contribution in [3.05, 3.63) is 118 Å². The summed E-state index contributed by atoms with van der Waals surface area (Å²) < 4.78 is 46.2. The zero-order valence-corrected chi connectivity index (χ0v) is 41.0. The molecule has 2 aliphatic heterocycles. The van der Waals surface area contributed by atoms with E-state index in [1.54, 1.807) is 41.0 Å². The van der Waals surface area contributed by atoms with Crippen LogP contribution in [0, 0.1) is 18.3 Å². The molecule has 2 saturated heterocycles. The van der Waals surface area contributed by atoms with Gasteiger partial charge in [0.2, 0.25) is 11.9 Å². The van der Waals surface area contributed by atoms with Crippen LogP contribution in [-0.2, 0) is 31.2 Å². The van der Waals surface area contributed by atoms with Gasteiger partial charge < -0.3 is 37.8 Å². The number of ether oxygens (including phenoxy) is 4. The number of nitrogens with one attached hydrogen (secondary N) is 1. The van der Waals surface area contributed by atoms with Crippen molar-refractivity contribution in [2.24, 2.45) is 12.0 Å². The molecule has 2 bridgehead atoms. The molecule has 68 heavy (non-hydrogen) atoms. The molecule has 0 radical (unpaired) electrons. The molecule has 3 aromatic carbocycles. The van der Waals surface area contributed by atoms with E-state index >= 15 is 0 Å². The lowest BCUT2D eigenvalue weighted by molar-refractivity contribution is -0.155. The largest absolute Gasteiger partial charge is 0.497 e. The molecule has 1 N–H and O–H groups in total. The summed E-state index contributed by atoms with van der Waals surface area (Å²) in [6.45, 7) is 10.6. The van der Waals surface area contributed by atoms with Crippen LogP contribution in [0.25, 0.3) is 11.2 Å². The summed E-state index contributed by atoms with van der Waals surface area (Å²) in [6.07, 6.45) is 1.57. The van der Waals surface area contributed by atoms with E-state index < -0.39 is 43.7 Å². The number of hydrogen-bond acceptors (Lipinski definition) is 15. The van der Waals surface area contributed by atoms with Gasteiger partial charge in [-0.3, -0.25) is 19.0 Å². The zero-order chi connectivity index (χ0) is 48.3. The number of rotatable bonds is 20. The predicted octanol–water partition coefficient (Wildman–Crippen LogP) is 6.62. The van der Waals surface area contributed by atoms with E-state index in [-0.39, 0.29) is 55.4 Å². The van der Waals surface area contributed by atoms with E-state index in [0.29, 0.717) is 23.3 Å². The zero-order valence-electron chi connectivity index (χ0n) is 40.1. The normalized spacial score (nSPS) is 19.8. The first-order chi connectivity index (χ1) is 32.7. The second kappa shape index (κ2) is 20.1. The van der Waals surface area contributed by atoms with Gasteiger partial charge >= 0.3 is 0 Å². The van der Waals surface area contributed by atoms with Crippen LogP contribution in [0.2, 0.25) is 0 Å². The van der Waals surface area contributed by atoms with Gasteiger partial charge in [-0.2, -0.15) is 15.2 Å². The molecule has 0 spiro atoms. The van der Waals surface area contributed by atoms with Crippen LogP contribution in [0.3, 0.4) is 0 Å². The molecule has 20 heteroatoms. The predicted molar refractivity (Wildman–Crippen MR) is 258 cm³/mol. The molecule has 6 aromatic rings. The Balaban J connectivity index is 1.35. The SMILES string of the molecule is COc1ccc(C(OC[C@@]23CN(c4nc(C)n(C)n4)[C@@H]([C@H](n4cnc5c(=O)[nH]c(/N=C\N(C)C)nc54)O2)[C@@H]3OP(OCCC#N)N(C(C)C)C(C)C)(c2ccccc2)c2ccc(OC)cc2)cc1. The van der Waals surface area contributed by atoms with E-state index in [2.05, 4.69) is 58.3 Å². The van der Waals surface area contributed by atoms with Gasteiger partial charge in [-0.1, -0.05) is 54.6 Å². The van der Waals surface area contributed by atoms with E-state index in [0.717, 1.165) is 16.7 Å². The quantitative estimate of drug-likeness (QED) is 0.0282. The number of anilines is 1. The van der Waals surface area contributed by atoms with Crippen LogP contribution >= 0.6 is 8.53 Å². The van der Waals surface area contributed by atoms with Gasteiger partial charge in [0.05, 0.1) is 59.1 Å². The smallest absolute Gasteiger partial charge is 0.280 e. The summed E-state index contributed by atoms with van der Waals surface area (Å²) in [5.41, 5.74) is -0.127. The number of morpholine rings is 1. The molecule has 0 amide bonds. The van der Waals surface area contributed by atoms with Crippen LogP contribution in [0.4, 0.5) is 11.9 Å². The molecule has 0 aliphatic carbocycles. The average Bonchev–Trinajstić information content (AvgIpc) is 4.08. The van der Waals surface area contributed by atoms with Gasteiger partial charge in [-0.15, -0.1) is 5.10 Å². The van der Waals surface area contributed by atoms with Crippen molar-refractivity contribution >= 4 is 37.9 Å². The fourth-order valence-corrected chi connectivity index (χ4v) is 10.8. The van der Waals surface area contributed by atoms with Gasteiger partial charge in [0.25, 0.3) is 14.1 Å². The van der Waals surface area contributed by atoms with Crippen molar-refractivity contribution in [2.75, 3.05) is 53.0 Å². The first kappa shape index (κ1) is 48.2. The van der Waals surface area contributed by atoms with Crippen LogP contribution < -0.4 is 19.9 Å². The Bertz CT molecular complexity index is 2720.